The molecule has 84 valence electrons. The van der Waals surface area contributed by atoms with Crippen LogP contribution in [0.15, 0.2) is 6.07 Å². The van der Waals surface area contributed by atoms with Crippen LogP contribution in [0, 0.1) is 11.3 Å². The van der Waals surface area contributed by atoms with Crippen LogP contribution in [0.1, 0.15) is 23.4 Å². The number of halogens is 3. The molecule has 0 bridgehead atoms. The third-order valence-electron chi connectivity index (χ3n) is 1.75. The van der Waals surface area contributed by atoms with Crippen molar-refractivity contribution < 1.29 is 18.7 Å². The molecule has 4 nitrogen and oxygen atoms in total. The minimum atomic E-state index is -2.97. The Hall–Kier alpha value is -1.74. The number of nitriles is 1. The average molecular weight is 247 g/mol. The van der Waals surface area contributed by atoms with E-state index in [1.165, 1.54) is 0 Å². The Morgan fingerprint density at radius 2 is 2.31 bits per heavy atom. The molecule has 0 aliphatic heterocycles. The Morgan fingerprint density at radius 3 is 2.75 bits per heavy atom. The number of carboxylic acid groups (broad SMARTS) is 1. The quantitative estimate of drug-likeness (QED) is 0.887. The second-order valence-corrected chi connectivity index (χ2v) is 3.24. The van der Waals surface area contributed by atoms with Gasteiger partial charge in [0.2, 0.25) is 0 Å². The first kappa shape index (κ1) is 12.3. The number of alkyl halides is 2. The number of aliphatic carboxylic acids is 1. The van der Waals surface area contributed by atoms with E-state index < -0.39 is 24.5 Å². The lowest BCUT2D eigenvalue weighted by Gasteiger charge is -2.08. The minimum absolute atomic E-state index is 0.191. The Kier molecular flexibility index (Phi) is 3.74. The summed E-state index contributed by atoms with van der Waals surface area (Å²) in [5.41, 5.74) is -1.29. The Labute approximate surface area is 94.1 Å². The van der Waals surface area contributed by atoms with Gasteiger partial charge < -0.3 is 5.11 Å². The fourth-order valence-corrected chi connectivity index (χ4v) is 1.39. The second kappa shape index (κ2) is 4.86. The van der Waals surface area contributed by atoms with E-state index in [9.17, 15) is 13.6 Å². The van der Waals surface area contributed by atoms with Gasteiger partial charge in [0, 0.05) is 10.6 Å². The molecular weight excluding hydrogens is 242 g/mol. The van der Waals surface area contributed by atoms with E-state index in [1.807, 2.05) is 0 Å². The molecule has 1 heterocycles. The van der Waals surface area contributed by atoms with E-state index in [0.29, 0.717) is 0 Å². The zero-order valence-corrected chi connectivity index (χ0v) is 8.50. The summed E-state index contributed by atoms with van der Waals surface area (Å²) in [4.78, 5) is 13.8. The van der Waals surface area contributed by atoms with E-state index in [0.717, 1.165) is 6.07 Å². The van der Waals surface area contributed by atoms with Gasteiger partial charge in [-0.15, -0.1) is 0 Å². The summed E-state index contributed by atoms with van der Waals surface area (Å²) in [6.45, 7) is 0. The molecule has 0 saturated carbocycles. The predicted octanol–water partition coefficient (Wildman–Crippen LogP) is 2.17. The monoisotopic (exact) mass is 246 g/mol. The van der Waals surface area contributed by atoms with Crippen molar-refractivity contribution in [1.29, 1.82) is 5.26 Å². The van der Waals surface area contributed by atoms with Crippen LogP contribution in [0.4, 0.5) is 8.78 Å². The van der Waals surface area contributed by atoms with Gasteiger partial charge in [-0.05, 0) is 6.07 Å². The molecule has 1 aromatic rings. The first-order chi connectivity index (χ1) is 7.45. The normalized spacial score (nSPS) is 10.2. The Bertz CT molecular complexity index is 471. The van der Waals surface area contributed by atoms with Crippen molar-refractivity contribution >= 4 is 17.6 Å². The highest BCUT2D eigenvalue weighted by atomic mass is 35.5. The number of nitrogens with zero attached hydrogens (tertiary/aromatic N) is 2. The minimum Gasteiger partial charge on any atom is -0.481 e. The van der Waals surface area contributed by atoms with Crippen LogP contribution >= 0.6 is 11.6 Å². The van der Waals surface area contributed by atoms with Gasteiger partial charge in [-0.3, -0.25) is 4.79 Å². The molecule has 0 spiro atoms. The topological polar surface area (TPSA) is 74.0 Å². The van der Waals surface area contributed by atoms with E-state index in [4.69, 9.17) is 22.0 Å². The lowest BCUT2D eigenvalue weighted by molar-refractivity contribution is -0.136. The first-order valence-corrected chi connectivity index (χ1v) is 4.43. The van der Waals surface area contributed by atoms with Crippen molar-refractivity contribution in [2.45, 2.75) is 12.8 Å². The average Bonchev–Trinajstić information content (AvgIpc) is 2.19. The van der Waals surface area contributed by atoms with Gasteiger partial charge in [-0.1, -0.05) is 11.6 Å². The van der Waals surface area contributed by atoms with E-state index in [1.54, 1.807) is 6.07 Å². The standard InChI is InChI=1S/C9H5ClF2N2O2/c10-6-1-4(3-13)14-8(9(11)12)5(6)2-7(15)16/h1,9H,2H2,(H,15,16). The highest BCUT2D eigenvalue weighted by Crippen LogP contribution is 2.27. The SMILES string of the molecule is N#Cc1cc(Cl)c(CC(=O)O)c(C(F)F)n1. The first-order valence-electron chi connectivity index (χ1n) is 4.05. The fraction of sp³-hybridized carbons (Fsp3) is 0.222. The maximum absolute atomic E-state index is 12.6. The van der Waals surface area contributed by atoms with Crippen molar-refractivity contribution in [2.75, 3.05) is 0 Å². The van der Waals surface area contributed by atoms with Crippen molar-refractivity contribution in [3.05, 3.63) is 28.0 Å². The van der Waals surface area contributed by atoms with E-state index in [-0.39, 0.29) is 16.3 Å². The number of hydrogen-bond donors (Lipinski definition) is 1. The Balaban J connectivity index is 3.35. The molecule has 1 N–H and O–H groups in total. The molecule has 16 heavy (non-hydrogen) atoms. The largest absolute Gasteiger partial charge is 0.481 e. The number of carboxylic acids is 1. The number of aromatic nitrogens is 1. The van der Waals surface area contributed by atoms with E-state index >= 15 is 0 Å². The van der Waals surface area contributed by atoms with Crippen LogP contribution in [0.25, 0.3) is 0 Å². The van der Waals surface area contributed by atoms with Gasteiger partial charge >= 0.3 is 5.97 Å². The van der Waals surface area contributed by atoms with Gasteiger partial charge in [0.1, 0.15) is 17.5 Å². The maximum Gasteiger partial charge on any atom is 0.307 e. The molecule has 0 radical (unpaired) electrons. The summed E-state index contributed by atoms with van der Waals surface area (Å²) >= 11 is 5.61. The zero-order valence-electron chi connectivity index (χ0n) is 7.75. The van der Waals surface area contributed by atoms with Gasteiger partial charge in [-0.25, -0.2) is 13.8 Å². The molecule has 0 aromatic carbocycles. The van der Waals surface area contributed by atoms with Gasteiger partial charge in [-0.2, -0.15) is 5.26 Å². The summed E-state index contributed by atoms with van der Waals surface area (Å²) in [5, 5.41) is 16.8. The molecule has 1 aromatic heterocycles. The molecule has 1 rings (SSSR count). The maximum atomic E-state index is 12.6. The molecule has 0 atom stereocenters. The van der Waals surface area contributed by atoms with Gasteiger partial charge in [0.15, 0.2) is 0 Å². The fourth-order valence-electron chi connectivity index (χ4n) is 1.12. The van der Waals surface area contributed by atoms with Crippen LogP contribution in [-0.2, 0) is 11.2 Å². The number of carbonyl (C=O) groups is 1. The number of hydrogen-bond acceptors (Lipinski definition) is 3. The van der Waals surface area contributed by atoms with Crippen LogP contribution in [0.5, 0.6) is 0 Å². The van der Waals surface area contributed by atoms with Crippen molar-refractivity contribution in [3.63, 3.8) is 0 Å². The highest BCUT2D eigenvalue weighted by Gasteiger charge is 2.21. The summed E-state index contributed by atoms with van der Waals surface area (Å²) in [6.07, 6.45) is -3.63. The molecule has 0 amide bonds. The number of rotatable bonds is 3. The van der Waals surface area contributed by atoms with Crippen molar-refractivity contribution in [1.82, 2.24) is 4.98 Å². The van der Waals surface area contributed by atoms with Crippen molar-refractivity contribution in [2.24, 2.45) is 0 Å². The van der Waals surface area contributed by atoms with Crippen molar-refractivity contribution in [3.8, 4) is 6.07 Å². The second-order valence-electron chi connectivity index (χ2n) is 2.84. The summed E-state index contributed by atoms with van der Waals surface area (Å²) in [6, 6.07) is 2.63. The molecule has 0 unspecified atom stereocenters. The number of pyridine rings is 1. The molecule has 7 heteroatoms. The van der Waals surface area contributed by atoms with Gasteiger partial charge in [0.25, 0.3) is 6.43 Å². The Morgan fingerprint density at radius 1 is 1.69 bits per heavy atom. The molecule has 0 aliphatic rings. The lowest BCUT2D eigenvalue weighted by Crippen LogP contribution is -2.08. The third-order valence-corrected chi connectivity index (χ3v) is 2.09. The summed E-state index contributed by atoms with van der Waals surface area (Å²) in [5.74, 6) is -1.30. The smallest absolute Gasteiger partial charge is 0.307 e. The van der Waals surface area contributed by atoms with Crippen LogP contribution < -0.4 is 0 Å². The molecule has 0 aliphatic carbocycles. The summed E-state index contributed by atoms with van der Waals surface area (Å²) in [7, 11) is 0. The lowest BCUT2D eigenvalue weighted by atomic mass is 10.1. The molecule has 0 saturated heterocycles. The van der Waals surface area contributed by atoms with Crippen LogP contribution in [0.2, 0.25) is 5.02 Å². The zero-order chi connectivity index (χ0) is 12.3. The van der Waals surface area contributed by atoms with E-state index in [2.05, 4.69) is 4.98 Å². The third kappa shape index (κ3) is 2.64. The highest BCUT2D eigenvalue weighted by molar-refractivity contribution is 6.31. The molecular formula is C9H5ClF2N2O2. The van der Waals surface area contributed by atoms with Gasteiger partial charge in [0.05, 0.1) is 6.42 Å². The molecule has 0 fully saturated rings. The van der Waals surface area contributed by atoms with Crippen LogP contribution in [0.3, 0.4) is 0 Å². The van der Waals surface area contributed by atoms with Crippen LogP contribution in [-0.4, -0.2) is 16.1 Å². The predicted molar refractivity (Wildman–Crippen MR) is 50.3 cm³/mol. The summed E-state index contributed by atoms with van der Waals surface area (Å²) < 4.78 is 25.1.